The van der Waals surface area contributed by atoms with Crippen LogP contribution in [0.5, 0.6) is 5.75 Å². The van der Waals surface area contributed by atoms with Gasteiger partial charge in [0.15, 0.2) is 5.13 Å². The van der Waals surface area contributed by atoms with Gasteiger partial charge in [-0.1, -0.05) is 36.4 Å². The number of ether oxygens (including phenoxy) is 1. The number of hydrogen-bond acceptors (Lipinski definition) is 6. The van der Waals surface area contributed by atoms with E-state index in [0.717, 1.165) is 22.6 Å². The van der Waals surface area contributed by atoms with Crippen molar-refractivity contribution in [2.45, 2.75) is 23.8 Å². The van der Waals surface area contributed by atoms with Gasteiger partial charge < -0.3 is 10.1 Å². The summed E-state index contributed by atoms with van der Waals surface area (Å²) in [6, 6.07) is 15.6. The van der Waals surface area contributed by atoms with Gasteiger partial charge in [-0.05, 0) is 18.2 Å². The highest BCUT2D eigenvalue weighted by molar-refractivity contribution is 7.93. The molecule has 3 aromatic rings. The second kappa shape index (κ2) is 8.22. The molecule has 1 atom stereocenters. The second-order valence-corrected chi connectivity index (χ2v) is 9.07. The molecule has 1 aromatic heterocycles. The molecule has 9 heteroatoms. The maximum Gasteiger partial charge on any atom is 0.263 e. The van der Waals surface area contributed by atoms with Gasteiger partial charge in [0.05, 0.1) is 29.7 Å². The summed E-state index contributed by atoms with van der Waals surface area (Å²) in [7, 11) is -3.70. The summed E-state index contributed by atoms with van der Waals surface area (Å²) in [5, 5.41) is 4.92. The van der Waals surface area contributed by atoms with Crippen LogP contribution in [-0.4, -0.2) is 25.9 Å². The van der Waals surface area contributed by atoms with Crippen molar-refractivity contribution < 1.29 is 17.9 Å². The van der Waals surface area contributed by atoms with Crippen molar-refractivity contribution in [2.75, 3.05) is 11.3 Å². The van der Waals surface area contributed by atoms with E-state index in [-0.39, 0.29) is 28.4 Å². The highest BCUT2D eigenvalue weighted by Crippen LogP contribution is 2.31. The van der Waals surface area contributed by atoms with Gasteiger partial charge in [0.1, 0.15) is 5.75 Å². The lowest BCUT2D eigenvalue weighted by Gasteiger charge is -2.26. The number of amides is 1. The largest absolute Gasteiger partial charge is 0.493 e. The number of benzene rings is 2. The van der Waals surface area contributed by atoms with Crippen LogP contribution in [0.25, 0.3) is 0 Å². The van der Waals surface area contributed by atoms with Crippen molar-refractivity contribution in [3.8, 4) is 5.75 Å². The van der Waals surface area contributed by atoms with Crippen LogP contribution in [0.1, 0.15) is 23.7 Å². The predicted molar refractivity (Wildman–Crippen MR) is 111 cm³/mol. The van der Waals surface area contributed by atoms with Crippen LogP contribution >= 0.6 is 11.3 Å². The lowest BCUT2D eigenvalue weighted by Crippen LogP contribution is -2.33. The van der Waals surface area contributed by atoms with Crippen LogP contribution in [-0.2, 0) is 21.2 Å². The fraction of sp³-hybridized carbons (Fsp3) is 0.200. The normalized spacial score (nSPS) is 15.8. The van der Waals surface area contributed by atoms with Gasteiger partial charge in [-0.3, -0.25) is 9.52 Å². The van der Waals surface area contributed by atoms with Crippen LogP contribution in [0.15, 0.2) is 64.9 Å². The Morgan fingerprint density at radius 2 is 1.90 bits per heavy atom. The minimum atomic E-state index is -3.70. The van der Waals surface area contributed by atoms with Gasteiger partial charge in [-0.25, -0.2) is 13.4 Å². The van der Waals surface area contributed by atoms with Crippen molar-refractivity contribution in [2.24, 2.45) is 0 Å². The minimum absolute atomic E-state index is 0.0725. The predicted octanol–water partition coefficient (Wildman–Crippen LogP) is 3.13. The molecule has 2 N–H and O–H groups in total. The lowest BCUT2D eigenvalue weighted by atomic mass is 10.0. The number of anilines is 1. The van der Waals surface area contributed by atoms with E-state index in [4.69, 9.17) is 4.74 Å². The Morgan fingerprint density at radius 1 is 1.14 bits per heavy atom. The maximum atomic E-state index is 12.5. The fourth-order valence-corrected chi connectivity index (χ4v) is 5.09. The highest BCUT2D eigenvalue weighted by Gasteiger charge is 2.23. The van der Waals surface area contributed by atoms with E-state index < -0.39 is 10.0 Å². The Bertz CT molecular complexity index is 1110. The van der Waals surface area contributed by atoms with Crippen LogP contribution in [0.2, 0.25) is 0 Å². The van der Waals surface area contributed by atoms with Gasteiger partial charge in [0, 0.05) is 17.4 Å². The Labute approximate surface area is 172 Å². The molecule has 0 aliphatic carbocycles. The Hall–Kier alpha value is -2.91. The molecule has 4 rings (SSSR count). The highest BCUT2D eigenvalue weighted by atomic mass is 32.2. The fourth-order valence-electron chi connectivity index (χ4n) is 3.11. The van der Waals surface area contributed by atoms with E-state index in [2.05, 4.69) is 15.0 Å². The van der Waals surface area contributed by atoms with Gasteiger partial charge >= 0.3 is 0 Å². The number of sulfonamides is 1. The Balaban J connectivity index is 1.39. The van der Waals surface area contributed by atoms with Gasteiger partial charge in [0.25, 0.3) is 10.0 Å². The average Bonchev–Trinajstić information content (AvgIpc) is 3.15. The van der Waals surface area contributed by atoms with Gasteiger partial charge in [-0.15, -0.1) is 11.3 Å². The molecule has 1 aliphatic heterocycles. The molecular weight excluding hydrogens is 410 g/mol. The third-order valence-electron chi connectivity index (χ3n) is 4.46. The first-order valence-electron chi connectivity index (χ1n) is 9.04. The summed E-state index contributed by atoms with van der Waals surface area (Å²) in [6.07, 6.45) is 0.769. The number of carbonyl (C=O) groups is 1. The number of fused-ring (bicyclic) bond motifs is 1. The first-order chi connectivity index (χ1) is 14.0. The number of carbonyl (C=O) groups excluding carboxylic acids is 1. The van der Waals surface area contributed by atoms with E-state index in [1.807, 2.05) is 24.3 Å². The zero-order valence-corrected chi connectivity index (χ0v) is 17.0. The molecule has 1 amide bonds. The van der Waals surface area contributed by atoms with Gasteiger partial charge in [-0.2, -0.15) is 0 Å². The molecule has 7 nitrogen and oxygen atoms in total. The van der Waals surface area contributed by atoms with E-state index in [1.54, 1.807) is 23.6 Å². The molecule has 0 radical (unpaired) electrons. The number of nitrogens with one attached hydrogen (secondary N) is 2. The van der Waals surface area contributed by atoms with Crippen molar-refractivity contribution in [3.05, 3.63) is 71.2 Å². The van der Waals surface area contributed by atoms with E-state index in [9.17, 15) is 13.2 Å². The summed E-state index contributed by atoms with van der Waals surface area (Å²) in [4.78, 5) is 16.9. The van der Waals surface area contributed by atoms with E-state index in [1.165, 1.54) is 12.1 Å². The molecule has 1 aliphatic rings. The van der Waals surface area contributed by atoms with Gasteiger partial charge in [0.2, 0.25) is 5.91 Å². The summed E-state index contributed by atoms with van der Waals surface area (Å²) < 4.78 is 32.8. The number of nitrogens with zero attached hydrogens (tertiary/aromatic N) is 1. The first kappa shape index (κ1) is 19.4. The zero-order valence-electron chi connectivity index (χ0n) is 15.4. The molecule has 2 heterocycles. The number of para-hydroxylation sites is 1. The molecule has 0 fully saturated rings. The number of aromatic nitrogens is 1. The molecule has 2 aromatic carbocycles. The standard InChI is InChI=1S/C20H19N3O4S2/c24-19(22-17-10-11-27-18-9-5-4-8-16(17)18)12-14-13-28-20(21-14)23-29(25,26)15-6-2-1-3-7-15/h1-9,13,17H,10-12H2,(H,21,23)(H,22,24). The van der Waals surface area contributed by atoms with Crippen molar-refractivity contribution in [1.29, 1.82) is 0 Å². The first-order valence-corrected chi connectivity index (χ1v) is 11.4. The quantitative estimate of drug-likeness (QED) is 0.627. The molecule has 0 bridgehead atoms. The molecule has 150 valence electrons. The van der Waals surface area contributed by atoms with Crippen LogP contribution in [0, 0.1) is 0 Å². The number of rotatable bonds is 6. The molecule has 0 saturated heterocycles. The summed E-state index contributed by atoms with van der Waals surface area (Å²) in [5.41, 5.74) is 1.47. The van der Waals surface area contributed by atoms with Crippen LogP contribution < -0.4 is 14.8 Å². The monoisotopic (exact) mass is 429 g/mol. The van der Waals surface area contributed by atoms with Crippen molar-refractivity contribution in [3.63, 3.8) is 0 Å². The second-order valence-electron chi connectivity index (χ2n) is 6.53. The third kappa shape index (κ3) is 4.57. The Kier molecular flexibility index (Phi) is 5.50. The molecule has 0 saturated carbocycles. The van der Waals surface area contributed by atoms with E-state index >= 15 is 0 Å². The molecule has 1 unspecified atom stereocenters. The van der Waals surface area contributed by atoms with Crippen LogP contribution in [0.3, 0.4) is 0 Å². The smallest absolute Gasteiger partial charge is 0.263 e. The van der Waals surface area contributed by atoms with Crippen molar-refractivity contribution in [1.82, 2.24) is 10.3 Å². The SMILES string of the molecule is O=C(Cc1csc(NS(=O)(=O)c2ccccc2)n1)NC1CCOc2ccccc21. The van der Waals surface area contributed by atoms with E-state index in [0.29, 0.717) is 18.7 Å². The Morgan fingerprint density at radius 3 is 2.72 bits per heavy atom. The number of hydrogen-bond donors (Lipinski definition) is 2. The molecular formula is C20H19N3O4S2. The average molecular weight is 430 g/mol. The summed E-state index contributed by atoms with van der Waals surface area (Å²) in [5.74, 6) is 0.616. The van der Waals surface area contributed by atoms with Crippen LogP contribution in [0.4, 0.5) is 5.13 Å². The zero-order chi connectivity index (χ0) is 20.3. The van der Waals surface area contributed by atoms with Crippen molar-refractivity contribution >= 4 is 32.4 Å². The maximum absolute atomic E-state index is 12.5. The third-order valence-corrected chi connectivity index (χ3v) is 6.75. The minimum Gasteiger partial charge on any atom is -0.493 e. The summed E-state index contributed by atoms with van der Waals surface area (Å²) in [6.45, 7) is 0.546. The molecule has 0 spiro atoms. The summed E-state index contributed by atoms with van der Waals surface area (Å²) >= 11 is 1.15. The molecule has 29 heavy (non-hydrogen) atoms. The number of thiazole rings is 1. The lowest BCUT2D eigenvalue weighted by molar-refractivity contribution is -0.121. The topological polar surface area (TPSA) is 97.4 Å².